The molecule has 2 aromatic rings. The zero-order chi connectivity index (χ0) is 17.8. The average molecular weight is 350 g/mol. The fourth-order valence-corrected chi connectivity index (χ4v) is 4.11. The van der Waals surface area contributed by atoms with E-state index in [2.05, 4.69) is 5.32 Å². The van der Waals surface area contributed by atoms with Crippen LogP contribution in [0.15, 0.2) is 54.6 Å². The number of carbonyl (C=O) groups excluding carboxylic acids is 1. The number of ether oxygens (including phenoxy) is 1. The Bertz CT molecular complexity index is 744. The van der Waals surface area contributed by atoms with Gasteiger partial charge in [0.05, 0.1) is 0 Å². The molecule has 0 unspecified atom stereocenters. The monoisotopic (exact) mass is 350 g/mol. The van der Waals surface area contributed by atoms with Crippen LogP contribution in [0.5, 0.6) is 5.75 Å². The van der Waals surface area contributed by atoms with Crippen molar-refractivity contribution in [2.45, 2.75) is 25.9 Å². The fraction of sp³-hybridized carbons (Fsp3) is 0.409. The summed E-state index contributed by atoms with van der Waals surface area (Å²) in [6.07, 6.45) is 3.46. The maximum atomic E-state index is 13.1. The molecule has 2 aliphatic rings. The van der Waals surface area contributed by atoms with Gasteiger partial charge in [0, 0.05) is 30.8 Å². The van der Waals surface area contributed by atoms with Gasteiger partial charge in [-0.1, -0.05) is 36.4 Å². The van der Waals surface area contributed by atoms with Crippen molar-refractivity contribution < 1.29 is 9.53 Å². The number of hydrogen-bond donors (Lipinski definition) is 1. The van der Waals surface area contributed by atoms with E-state index in [1.165, 1.54) is 6.42 Å². The number of piperidine rings is 1. The first-order chi connectivity index (χ1) is 12.8. The smallest absolute Gasteiger partial charge is 0.254 e. The van der Waals surface area contributed by atoms with Gasteiger partial charge in [0.25, 0.3) is 5.91 Å². The third-order valence-electron chi connectivity index (χ3n) is 5.83. The minimum atomic E-state index is 0.137. The maximum Gasteiger partial charge on any atom is 0.254 e. The Labute approximate surface area is 155 Å². The van der Waals surface area contributed by atoms with E-state index in [1.54, 1.807) is 0 Å². The van der Waals surface area contributed by atoms with Crippen LogP contribution in [-0.4, -0.2) is 37.0 Å². The second-order valence-corrected chi connectivity index (χ2v) is 7.48. The van der Waals surface area contributed by atoms with Crippen molar-refractivity contribution in [2.24, 2.45) is 5.41 Å². The molecule has 2 aliphatic heterocycles. The molecule has 0 radical (unpaired) electrons. The Kier molecular flexibility index (Phi) is 4.93. The van der Waals surface area contributed by atoms with Crippen LogP contribution in [0.4, 0.5) is 0 Å². The van der Waals surface area contributed by atoms with Crippen LogP contribution in [0.25, 0.3) is 0 Å². The first-order valence-electron chi connectivity index (χ1n) is 9.52. The summed E-state index contributed by atoms with van der Waals surface area (Å²) in [6.45, 7) is 4.35. The summed E-state index contributed by atoms with van der Waals surface area (Å²) < 4.78 is 5.87. The lowest BCUT2D eigenvalue weighted by Crippen LogP contribution is -2.44. The summed E-state index contributed by atoms with van der Waals surface area (Å²) in [6, 6.07) is 17.6. The number of benzene rings is 2. The molecule has 0 bridgehead atoms. The quantitative estimate of drug-likeness (QED) is 0.918. The Morgan fingerprint density at radius 1 is 1.00 bits per heavy atom. The minimum Gasteiger partial charge on any atom is -0.489 e. The maximum absolute atomic E-state index is 13.1. The molecule has 26 heavy (non-hydrogen) atoms. The van der Waals surface area contributed by atoms with Crippen LogP contribution >= 0.6 is 0 Å². The molecular formula is C22H26N2O2. The number of amides is 1. The van der Waals surface area contributed by atoms with Gasteiger partial charge in [0.15, 0.2) is 0 Å². The molecule has 1 amide bonds. The lowest BCUT2D eigenvalue weighted by atomic mass is 9.77. The molecule has 1 N–H and O–H groups in total. The lowest BCUT2D eigenvalue weighted by Gasteiger charge is -2.39. The Balaban J connectivity index is 1.43. The van der Waals surface area contributed by atoms with E-state index >= 15 is 0 Å². The van der Waals surface area contributed by atoms with Crippen molar-refractivity contribution >= 4 is 5.91 Å². The Morgan fingerprint density at radius 2 is 1.73 bits per heavy atom. The van der Waals surface area contributed by atoms with E-state index in [1.807, 2.05) is 59.5 Å². The third-order valence-corrected chi connectivity index (χ3v) is 5.83. The molecule has 0 aliphatic carbocycles. The Hall–Kier alpha value is -2.33. The average Bonchev–Trinajstić information content (AvgIpc) is 3.15. The highest BCUT2D eigenvalue weighted by atomic mass is 16.5. The standard InChI is InChI=1S/C22H26N2O2/c25-21(24-14-11-22(12-15-24)10-13-23-17-22)20-9-5-4-6-18(20)16-26-19-7-2-1-3-8-19/h1-9,23H,10-17H2. The van der Waals surface area contributed by atoms with E-state index in [0.717, 1.165) is 55.9 Å². The number of rotatable bonds is 4. The summed E-state index contributed by atoms with van der Waals surface area (Å²) in [7, 11) is 0. The molecule has 2 heterocycles. The zero-order valence-corrected chi connectivity index (χ0v) is 15.1. The van der Waals surface area contributed by atoms with Crippen LogP contribution in [0.2, 0.25) is 0 Å². The highest BCUT2D eigenvalue weighted by Crippen LogP contribution is 2.37. The van der Waals surface area contributed by atoms with Crippen molar-refractivity contribution in [3.63, 3.8) is 0 Å². The van der Waals surface area contributed by atoms with Crippen LogP contribution in [0.1, 0.15) is 35.2 Å². The van der Waals surface area contributed by atoms with Crippen molar-refractivity contribution in [2.75, 3.05) is 26.2 Å². The largest absolute Gasteiger partial charge is 0.489 e. The highest BCUT2D eigenvalue weighted by molar-refractivity contribution is 5.95. The molecule has 4 rings (SSSR count). The summed E-state index contributed by atoms with van der Waals surface area (Å²) in [5, 5.41) is 3.48. The number of para-hydroxylation sites is 1. The van der Waals surface area contributed by atoms with Gasteiger partial charge in [0.2, 0.25) is 0 Å². The number of carbonyl (C=O) groups is 1. The van der Waals surface area contributed by atoms with Crippen molar-refractivity contribution in [1.82, 2.24) is 10.2 Å². The minimum absolute atomic E-state index is 0.137. The van der Waals surface area contributed by atoms with Gasteiger partial charge in [-0.15, -0.1) is 0 Å². The number of nitrogens with zero attached hydrogens (tertiary/aromatic N) is 1. The normalized spacial score (nSPS) is 18.8. The van der Waals surface area contributed by atoms with Crippen molar-refractivity contribution in [3.05, 3.63) is 65.7 Å². The second kappa shape index (κ2) is 7.50. The van der Waals surface area contributed by atoms with Gasteiger partial charge in [-0.25, -0.2) is 0 Å². The molecule has 136 valence electrons. The van der Waals surface area contributed by atoms with E-state index in [9.17, 15) is 4.79 Å². The topological polar surface area (TPSA) is 41.6 Å². The molecule has 2 aromatic carbocycles. The van der Waals surface area contributed by atoms with Crippen LogP contribution < -0.4 is 10.1 Å². The number of likely N-dealkylation sites (tertiary alicyclic amines) is 1. The molecule has 2 fully saturated rings. The van der Waals surface area contributed by atoms with Gasteiger partial charge in [-0.05, 0) is 49.4 Å². The zero-order valence-electron chi connectivity index (χ0n) is 15.1. The molecule has 0 atom stereocenters. The van der Waals surface area contributed by atoms with Crippen molar-refractivity contribution in [3.8, 4) is 5.75 Å². The van der Waals surface area contributed by atoms with Crippen LogP contribution in [0, 0.1) is 5.41 Å². The molecular weight excluding hydrogens is 324 g/mol. The summed E-state index contributed by atoms with van der Waals surface area (Å²) in [5.74, 6) is 0.960. The van der Waals surface area contributed by atoms with E-state index in [0.29, 0.717) is 12.0 Å². The predicted molar refractivity (Wildman–Crippen MR) is 102 cm³/mol. The van der Waals surface area contributed by atoms with E-state index in [4.69, 9.17) is 4.74 Å². The van der Waals surface area contributed by atoms with Gasteiger partial charge >= 0.3 is 0 Å². The highest BCUT2D eigenvalue weighted by Gasteiger charge is 2.38. The van der Waals surface area contributed by atoms with Gasteiger partial charge < -0.3 is 15.0 Å². The molecule has 4 heteroatoms. The third kappa shape index (κ3) is 3.61. The molecule has 0 saturated carbocycles. The van der Waals surface area contributed by atoms with Gasteiger partial charge in [-0.3, -0.25) is 4.79 Å². The molecule has 2 saturated heterocycles. The predicted octanol–water partition coefficient (Wildman–Crippen LogP) is 3.48. The SMILES string of the molecule is O=C(c1ccccc1COc1ccccc1)N1CCC2(CCNC2)CC1. The number of nitrogens with one attached hydrogen (secondary N) is 1. The second-order valence-electron chi connectivity index (χ2n) is 7.48. The van der Waals surface area contributed by atoms with Crippen LogP contribution in [-0.2, 0) is 6.61 Å². The molecule has 0 aromatic heterocycles. The van der Waals surface area contributed by atoms with Gasteiger partial charge in [0.1, 0.15) is 12.4 Å². The Morgan fingerprint density at radius 3 is 2.46 bits per heavy atom. The summed E-state index contributed by atoms with van der Waals surface area (Å²) in [4.78, 5) is 15.1. The fourth-order valence-electron chi connectivity index (χ4n) is 4.11. The summed E-state index contributed by atoms with van der Waals surface area (Å²) in [5.41, 5.74) is 2.14. The first-order valence-corrected chi connectivity index (χ1v) is 9.52. The van der Waals surface area contributed by atoms with Crippen LogP contribution in [0.3, 0.4) is 0 Å². The lowest BCUT2D eigenvalue weighted by molar-refractivity contribution is 0.0605. The molecule has 1 spiro atoms. The van der Waals surface area contributed by atoms with Gasteiger partial charge in [-0.2, -0.15) is 0 Å². The van der Waals surface area contributed by atoms with E-state index < -0.39 is 0 Å². The van der Waals surface area contributed by atoms with E-state index in [-0.39, 0.29) is 5.91 Å². The number of hydrogen-bond acceptors (Lipinski definition) is 3. The summed E-state index contributed by atoms with van der Waals surface area (Å²) >= 11 is 0. The first kappa shape index (κ1) is 17.1. The van der Waals surface area contributed by atoms with Crippen molar-refractivity contribution in [1.29, 1.82) is 0 Å². The molecule has 4 nitrogen and oxygen atoms in total.